The quantitative estimate of drug-likeness (QED) is 0.614. The summed E-state index contributed by atoms with van der Waals surface area (Å²) in [6.07, 6.45) is 0. The normalized spacial score (nSPS) is 26.8. The molecule has 1 aromatic rings. The minimum atomic E-state index is -3.54. The Kier molecular flexibility index (Phi) is 4.50. The summed E-state index contributed by atoms with van der Waals surface area (Å²) in [5.74, 6) is -0.169. The minimum Gasteiger partial charge on any atom is -0.294 e. The summed E-state index contributed by atoms with van der Waals surface area (Å²) < 4.78 is 27.6. The van der Waals surface area contributed by atoms with Gasteiger partial charge in [-0.3, -0.25) is 4.79 Å². The van der Waals surface area contributed by atoms with E-state index in [0.29, 0.717) is 18.0 Å². The summed E-state index contributed by atoms with van der Waals surface area (Å²) in [6, 6.07) is 6.93. The minimum absolute atomic E-state index is 0.00452. The van der Waals surface area contributed by atoms with Gasteiger partial charge in [0.1, 0.15) is 0 Å². The van der Waals surface area contributed by atoms with Crippen molar-refractivity contribution in [2.75, 3.05) is 13.1 Å². The van der Waals surface area contributed by atoms with Crippen LogP contribution >= 0.6 is 0 Å². The number of hydrogen-bond acceptors (Lipinski definition) is 3. The summed E-state index contributed by atoms with van der Waals surface area (Å²) in [4.78, 5) is 13.1. The number of benzene rings is 1. The van der Waals surface area contributed by atoms with Crippen LogP contribution < -0.4 is 0 Å². The largest absolute Gasteiger partial charge is 0.294 e. The second kappa shape index (κ2) is 6.22. The highest BCUT2D eigenvalue weighted by Gasteiger charge is 2.53. The third kappa shape index (κ3) is 2.89. The number of aryl methyl sites for hydroxylation is 1. The number of rotatable bonds is 3. The molecule has 3 atom stereocenters. The van der Waals surface area contributed by atoms with Gasteiger partial charge in [0.2, 0.25) is 10.0 Å². The number of carbonyl (C=O) groups is 1. The van der Waals surface area contributed by atoms with Crippen LogP contribution in [0.3, 0.4) is 0 Å². The molecule has 25 heavy (non-hydrogen) atoms. The third-order valence-corrected chi connectivity index (χ3v) is 7.25. The summed E-state index contributed by atoms with van der Waals surface area (Å²) >= 11 is 0. The Labute approximate surface area is 150 Å². The number of carbonyl (C=O) groups excluding carboxylic acids is 1. The third-order valence-electron chi connectivity index (χ3n) is 5.41. The Bertz CT molecular complexity index is 861. The van der Waals surface area contributed by atoms with Crippen LogP contribution in [0, 0.1) is 24.7 Å². The van der Waals surface area contributed by atoms with Gasteiger partial charge in [-0.05, 0) is 51.3 Å². The molecule has 2 fully saturated rings. The van der Waals surface area contributed by atoms with Gasteiger partial charge in [-0.25, -0.2) is 8.42 Å². The number of Topliss-reactive ketones (excluding diaryl/α,β-unsaturated/α-hetero) is 1. The lowest BCUT2D eigenvalue weighted by molar-refractivity contribution is -0.117. The van der Waals surface area contributed by atoms with Gasteiger partial charge in [0.05, 0.1) is 4.90 Å². The van der Waals surface area contributed by atoms with Crippen molar-refractivity contribution in [3.8, 4) is 0 Å². The molecule has 5 heteroatoms. The second-order valence-corrected chi connectivity index (χ2v) is 9.45. The molecule has 0 unspecified atom stereocenters. The first-order valence-electron chi connectivity index (χ1n) is 8.58. The molecule has 0 amide bonds. The van der Waals surface area contributed by atoms with Gasteiger partial charge in [-0.15, -0.1) is 0 Å². The molecule has 134 valence electrons. The first kappa shape index (κ1) is 18.1. The molecule has 0 bridgehead atoms. The first-order chi connectivity index (χ1) is 11.6. The fourth-order valence-electron chi connectivity index (χ4n) is 4.24. The van der Waals surface area contributed by atoms with Crippen LogP contribution in [0.4, 0.5) is 0 Å². The predicted molar refractivity (Wildman–Crippen MR) is 98.6 cm³/mol. The van der Waals surface area contributed by atoms with Crippen molar-refractivity contribution in [3.63, 3.8) is 0 Å². The van der Waals surface area contributed by atoms with Crippen molar-refractivity contribution >= 4 is 15.8 Å². The number of allylic oxidation sites excluding steroid dienone is 2. The van der Waals surface area contributed by atoms with Gasteiger partial charge in [0.15, 0.2) is 5.78 Å². The molecule has 1 heterocycles. The Hall–Kier alpha value is -1.72. The molecule has 3 rings (SSSR count). The molecule has 1 aromatic carbocycles. The maximum absolute atomic E-state index is 13.0. The van der Waals surface area contributed by atoms with E-state index in [1.807, 2.05) is 39.8 Å². The molecule has 1 aliphatic heterocycles. The van der Waals surface area contributed by atoms with Crippen molar-refractivity contribution < 1.29 is 13.2 Å². The molecule has 1 saturated heterocycles. The van der Waals surface area contributed by atoms with E-state index >= 15 is 0 Å². The van der Waals surface area contributed by atoms with Crippen LogP contribution in [0.1, 0.15) is 26.3 Å². The molecule has 0 spiro atoms. The molecule has 0 aromatic heterocycles. The Morgan fingerprint density at radius 2 is 1.72 bits per heavy atom. The second-order valence-electron chi connectivity index (χ2n) is 7.51. The van der Waals surface area contributed by atoms with E-state index in [0.717, 1.165) is 22.3 Å². The zero-order valence-corrected chi connectivity index (χ0v) is 16.1. The predicted octanol–water partition coefficient (Wildman–Crippen LogP) is 3.34. The van der Waals surface area contributed by atoms with E-state index < -0.39 is 10.0 Å². The van der Waals surface area contributed by atoms with Gasteiger partial charge in [-0.1, -0.05) is 35.4 Å². The zero-order chi connectivity index (χ0) is 18.5. The molecule has 1 aliphatic carbocycles. The van der Waals surface area contributed by atoms with Gasteiger partial charge < -0.3 is 0 Å². The summed E-state index contributed by atoms with van der Waals surface area (Å²) in [7, 11) is -3.54. The molecule has 4 nitrogen and oxygen atoms in total. The maximum Gasteiger partial charge on any atom is 0.243 e. The van der Waals surface area contributed by atoms with Gasteiger partial charge in [0, 0.05) is 24.9 Å². The fraction of sp³-hybridized carbons (Fsp3) is 0.450. The van der Waals surface area contributed by atoms with E-state index in [1.165, 1.54) is 0 Å². The van der Waals surface area contributed by atoms with Crippen LogP contribution in [0.15, 0.2) is 52.5 Å². The highest BCUT2D eigenvalue weighted by molar-refractivity contribution is 7.89. The van der Waals surface area contributed by atoms with E-state index in [9.17, 15) is 13.2 Å². The molecule has 0 N–H and O–H groups in total. The summed E-state index contributed by atoms with van der Waals surface area (Å²) in [5, 5.41) is 0. The van der Waals surface area contributed by atoms with E-state index in [1.54, 1.807) is 16.4 Å². The first-order valence-corrected chi connectivity index (χ1v) is 10.0. The van der Waals surface area contributed by atoms with E-state index in [-0.39, 0.29) is 23.5 Å². The molecule has 1 saturated carbocycles. The van der Waals surface area contributed by atoms with Crippen LogP contribution in [0.5, 0.6) is 0 Å². The summed E-state index contributed by atoms with van der Waals surface area (Å²) in [5.41, 5.74) is 3.64. The van der Waals surface area contributed by atoms with Crippen LogP contribution in [0.2, 0.25) is 0 Å². The van der Waals surface area contributed by atoms with Crippen molar-refractivity contribution in [1.82, 2.24) is 4.31 Å². The average molecular weight is 359 g/mol. The van der Waals surface area contributed by atoms with Gasteiger partial charge in [0.25, 0.3) is 0 Å². The SMILES string of the molecule is C=C(C)[C@@H]1C(=O)C(=C(C)C)[C@H]2CN(S(=O)(=O)c3ccc(C)cc3)C[C@@H]12. The lowest BCUT2D eigenvalue weighted by Crippen LogP contribution is -2.32. The lowest BCUT2D eigenvalue weighted by atomic mass is 9.87. The zero-order valence-electron chi connectivity index (χ0n) is 15.2. The number of fused-ring (bicyclic) bond motifs is 1. The smallest absolute Gasteiger partial charge is 0.243 e. The van der Waals surface area contributed by atoms with Crippen molar-refractivity contribution in [2.24, 2.45) is 17.8 Å². The molecular formula is C20H25NO3S. The number of ketones is 1. The van der Waals surface area contributed by atoms with Crippen molar-refractivity contribution in [2.45, 2.75) is 32.6 Å². The van der Waals surface area contributed by atoms with Crippen LogP contribution in [-0.2, 0) is 14.8 Å². The fourth-order valence-corrected chi connectivity index (χ4v) is 5.74. The van der Waals surface area contributed by atoms with Crippen molar-refractivity contribution in [1.29, 1.82) is 0 Å². The Balaban J connectivity index is 1.97. The van der Waals surface area contributed by atoms with Crippen LogP contribution in [-0.4, -0.2) is 31.6 Å². The average Bonchev–Trinajstić information content (AvgIpc) is 3.03. The van der Waals surface area contributed by atoms with E-state index in [2.05, 4.69) is 6.58 Å². The number of nitrogens with zero attached hydrogens (tertiary/aromatic N) is 1. The topological polar surface area (TPSA) is 54.5 Å². The monoisotopic (exact) mass is 359 g/mol. The van der Waals surface area contributed by atoms with Gasteiger partial charge in [-0.2, -0.15) is 4.31 Å². The molecular weight excluding hydrogens is 334 g/mol. The van der Waals surface area contributed by atoms with Gasteiger partial charge >= 0.3 is 0 Å². The molecule has 0 radical (unpaired) electrons. The highest BCUT2D eigenvalue weighted by Crippen LogP contribution is 2.48. The number of hydrogen-bond donors (Lipinski definition) is 0. The summed E-state index contributed by atoms with van der Waals surface area (Å²) in [6.45, 7) is 12.4. The Morgan fingerprint density at radius 1 is 1.12 bits per heavy atom. The number of sulfonamides is 1. The van der Waals surface area contributed by atoms with E-state index in [4.69, 9.17) is 0 Å². The Morgan fingerprint density at radius 3 is 2.24 bits per heavy atom. The van der Waals surface area contributed by atoms with Crippen molar-refractivity contribution in [3.05, 3.63) is 53.1 Å². The highest BCUT2D eigenvalue weighted by atomic mass is 32.2. The molecule has 2 aliphatic rings. The van der Waals surface area contributed by atoms with Crippen LogP contribution in [0.25, 0.3) is 0 Å². The maximum atomic E-state index is 13.0. The standard InChI is InChI=1S/C20H25NO3S/c1-12(2)18-16-10-21(11-17(16)19(13(3)4)20(18)22)25(23,24)15-8-6-14(5)7-9-15/h6-9,16-18H,1,10-11H2,2-5H3/t16-,17+,18+/m1/s1. The lowest BCUT2D eigenvalue weighted by Gasteiger charge is -2.20.